The largest absolute Gasteiger partial charge is 0.327 e. The number of anilines is 2. The van der Waals surface area contributed by atoms with E-state index >= 15 is 0 Å². The molecule has 3 rings (SSSR count). The van der Waals surface area contributed by atoms with Crippen molar-refractivity contribution in [1.82, 2.24) is 0 Å². The maximum absolute atomic E-state index is 12.3. The van der Waals surface area contributed by atoms with Crippen LogP contribution in [0.25, 0.3) is 0 Å². The van der Waals surface area contributed by atoms with Crippen LogP contribution in [0.1, 0.15) is 28.9 Å². The Balaban J connectivity index is 0.00000208. The first-order valence-electron chi connectivity index (χ1n) is 7.65. The van der Waals surface area contributed by atoms with E-state index in [9.17, 15) is 9.59 Å². The minimum atomic E-state index is -0.152. The lowest BCUT2D eigenvalue weighted by Crippen LogP contribution is -2.34. The third-order valence-corrected chi connectivity index (χ3v) is 4.91. The Morgan fingerprint density at radius 3 is 2.46 bits per heavy atom. The second-order valence-electron chi connectivity index (χ2n) is 5.70. The Bertz CT molecular complexity index is 706. The number of amides is 2. The van der Waals surface area contributed by atoms with Crippen LogP contribution in [-0.2, 0) is 4.79 Å². The van der Waals surface area contributed by atoms with E-state index in [1.54, 1.807) is 30.3 Å². The summed E-state index contributed by atoms with van der Waals surface area (Å²) in [7, 11) is 0. The van der Waals surface area contributed by atoms with E-state index in [1.165, 1.54) is 11.3 Å². The van der Waals surface area contributed by atoms with Gasteiger partial charge in [0.05, 0.1) is 10.8 Å². The van der Waals surface area contributed by atoms with Gasteiger partial charge in [0.1, 0.15) is 0 Å². The number of rotatable bonds is 4. The van der Waals surface area contributed by atoms with Gasteiger partial charge < -0.3 is 16.4 Å². The number of benzene rings is 1. The van der Waals surface area contributed by atoms with Gasteiger partial charge in [-0.2, -0.15) is 0 Å². The number of carbonyl (C=O) groups excluding carboxylic acids is 2. The fourth-order valence-corrected chi connectivity index (χ4v) is 3.44. The van der Waals surface area contributed by atoms with Crippen LogP contribution in [-0.4, -0.2) is 17.9 Å². The molecule has 0 bridgehead atoms. The standard InChI is InChI=1S/C17H19N3O2S.ClH/c18-14-7-2-6-13(14)16(21)19-11-4-1-5-12(10-11)20-17(22)15-8-3-9-23-15;/h1,3-5,8-10,13-14H,2,6-7,18H2,(H,19,21)(H,20,22);1H. The van der Waals surface area contributed by atoms with Crippen molar-refractivity contribution in [3.63, 3.8) is 0 Å². The molecule has 4 N–H and O–H groups in total. The number of halogens is 1. The zero-order valence-corrected chi connectivity index (χ0v) is 14.7. The summed E-state index contributed by atoms with van der Waals surface area (Å²) in [5, 5.41) is 7.58. The van der Waals surface area contributed by atoms with Gasteiger partial charge in [-0.25, -0.2) is 0 Å². The van der Waals surface area contributed by atoms with Crippen LogP contribution < -0.4 is 16.4 Å². The normalized spacial score (nSPS) is 19.4. The number of carbonyl (C=O) groups is 2. The lowest BCUT2D eigenvalue weighted by Gasteiger charge is -2.15. The molecule has 1 aliphatic carbocycles. The van der Waals surface area contributed by atoms with Gasteiger partial charge in [0.25, 0.3) is 5.91 Å². The van der Waals surface area contributed by atoms with E-state index in [0.717, 1.165) is 19.3 Å². The van der Waals surface area contributed by atoms with Crippen LogP contribution in [0, 0.1) is 5.92 Å². The molecule has 0 aliphatic heterocycles. The molecule has 24 heavy (non-hydrogen) atoms. The summed E-state index contributed by atoms with van der Waals surface area (Å²) in [4.78, 5) is 25.0. The van der Waals surface area contributed by atoms with Crippen molar-refractivity contribution >= 4 is 46.9 Å². The molecule has 1 aromatic heterocycles. The fourth-order valence-electron chi connectivity index (χ4n) is 2.82. The Labute approximate surface area is 151 Å². The van der Waals surface area contributed by atoms with E-state index < -0.39 is 0 Å². The van der Waals surface area contributed by atoms with Crippen molar-refractivity contribution in [3.8, 4) is 0 Å². The lowest BCUT2D eigenvalue weighted by atomic mass is 10.0. The molecular weight excluding hydrogens is 346 g/mol. The summed E-state index contributed by atoms with van der Waals surface area (Å²) in [6.07, 6.45) is 2.73. The first-order valence-corrected chi connectivity index (χ1v) is 8.53. The van der Waals surface area contributed by atoms with Crippen LogP contribution in [0.3, 0.4) is 0 Å². The molecule has 1 saturated carbocycles. The summed E-state index contributed by atoms with van der Waals surface area (Å²) in [6.45, 7) is 0. The van der Waals surface area contributed by atoms with Gasteiger partial charge in [-0.15, -0.1) is 23.7 Å². The summed E-state index contributed by atoms with van der Waals surface area (Å²) in [6, 6.07) is 10.7. The van der Waals surface area contributed by atoms with E-state index in [-0.39, 0.29) is 36.2 Å². The van der Waals surface area contributed by atoms with Crippen molar-refractivity contribution in [3.05, 3.63) is 46.7 Å². The van der Waals surface area contributed by atoms with E-state index in [0.29, 0.717) is 16.3 Å². The van der Waals surface area contributed by atoms with Crippen LogP contribution >= 0.6 is 23.7 Å². The molecule has 2 aromatic rings. The maximum atomic E-state index is 12.3. The molecule has 1 aliphatic rings. The minimum Gasteiger partial charge on any atom is -0.327 e. The first kappa shape index (κ1) is 18.4. The van der Waals surface area contributed by atoms with Crippen LogP contribution in [0.15, 0.2) is 41.8 Å². The van der Waals surface area contributed by atoms with Gasteiger partial charge in [0.2, 0.25) is 5.91 Å². The molecule has 128 valence electrons. The Morgan fingerprint density at radius 1 is 1.08 bits per heavy atom. The average Bonchev–Trinajstić information content (AvgIpc) is 3.18. The van der Waals surface area contributed by atoms with Gasteiger partial charge in [-0.1, -0.05) is 18.6 Å². The third-order valence-electron chi connectivity index (χ3n) is 4.04. The van der Waals surface area contributed by atoms with Crippen molar-refractivity contribution in [2.75, 3.05) is 10.6 Å². The SMILES string of the molecule is Cl.NC1CCCC1C(=O)Nc1cccc(NC(=O)c2cccs2)c1. The fraction of sp³-hybridized carbons (Fsp3) is 0.294. The Hall–Kier alpha value is -1.89. The molecule has 0 radical (unpaired) electrons. The van der Waals surface area contributed by atoms with Crippen LogP contribution in [0.4, 0.5) is 11.4 Å². The number of nitrogens with two attached hydrogens (primary N) is 1. The van der Waals surface area contributed by atoms with E-state index in [4.69, 9.17) is 5.73 Å². The van der Waals surface area contributed by atoms with Gasteiger partial charge >= 0.3 is 0 Å². The Morgan fingerprint density at radius 2 is 1.83 bits per heavy atom. The molecule has 2 amide bonds. The topological polar surface area (TPSA) is 84.2 Å². The zero-order valence-electron chi connectivity index (χ0n) is 13.0. The lowest BCUT2D eigenvalue weighted by molar-refractivity contribution is -0.120. The molecule has 1 heterocycles. The average molecular weight is 366 g/mol. The number of hydrogen-bond donors (Lipinski definition) is 3. The quantitative estimate of drug-likeness (QED) is 0.775. The van der Waals surface area contributed by atoms with E-state index in [2.05, 4.69) is 10.6 Å². The highest BCUT2D eigenvalue weighted by Gasteiger charge is 2.30. The maximum Gasteiger partial charge on any atom is 0.265 e. The molecule has 2 unspecified atom stereocenters. The summed E-state index contributed by atoms with van der Waals surface area (Å²) < 4.78 is 0. The Kier molecular flexibility index (Phi) is 6.36. The summed E-state index contributed by atoms with van der Waals surface area (Å²) in [5.74, 6) is -0.322. The highest BCUT2D eigenvalue weighted by atomic mass is 35.5. The third kappa shape index (κ3) is 4.35. The second kappa shape index (κ2) is 8.28. The highest BCUT2D eigenvalue weighted by Crippen LogP contribution is 2.26. The number of hydrogen-bond acceptors (Lipinski definition) is 4. The smallest absolute Gasteiger partial charge is 0.265 e. The highest BCUT2D eigenvalue weighted by molar-refractivity contribution is 7.12. The van der Waals surface area contributed by atoms with E-state index in [1.807, 2.05) is 11.4 Å². The van der Waals surface area contributed by atoms with Gasteiger partial charge in [0.15, 0.2) is 0 Å². The predicted molar refractivity (Wildman–Crippen MR) is 99.9 cm³/mol. The molecular formula is C17H20ClN3O2S. The molecule has 5 nitrogen and oxygen atoms in total. The van der Waals surface area contributed by atoms with Crippen molar-refractivity contribution < 1.29 is 9.59 Å². The second-order valence-corrected chi connectivity index (χ2v) is 6.65. The minimum absolute atomic E-state index is 0. The van der Waals surface area contributed by atoms with Crippen molar-refractivity contribution in [1.29, 1.82) is 0 Å². The number of nitrogens with one attached hydrogen (secondary N) is 2. The first-order chi connectivity index (χ1) is 11.1. The summed E-state index contributed by atoms with van der Waals surface area (Å²) in [5.41, 5.74) is 7.28. The molecule has 0 spiro atoms. The molecule has 0 saturated heterocycles. The van der Waals surface area contributed by atoms with Crippen LogP contribution in [0.5, 0.6) is 0 Å². The predicted octanol–water partition coefficient (Wildman–Crippen LogP) is 3.49. The molecule has 1 fully saturated rings. The summed E-state index contributed by atoms with van der Waals surface area (Å²) >= 11 is 1.39. The van der Waals surface area contributed by atoms with Gasteiger partial charge in [0, 0.05) is 17.4 Å². The zero-order chi connectivity index (χ0) is 16.2. The monoisotopic (exact) mass is 365 g/mol. The van der Waals surface area contributed by atoms with Gasteiger partial charge in [-0.05, 0) is 42.5 Å². The molecule has 1 aromatic carbocycles. The van der Waals surface area contributed by atoms with Crippen LogP contribution in [0.2, 0.25) is 0 Å². The molecule has 2 atom stereocenters. The number of thiophene rings is 1. The van der Waals surface area contributed by atoms with Crippen molar-refractivity contribution in [2.24, 2.45) is 11.7 Å². The molecule has 7 heteroatoms. The van der Waals surface area contributed by atoms with Crippen molar-refractivity contribution in [2.45, 2.75) is 25.3 Å². The van der Waals surface area contributed by atoms with Gasteiger partial charge in [-0.3, -0.25) is 9.59 Å².